The second-order valence-corrected chi connectivity index (χ2v) is 10.0. The maximum absolute atomic E-state index is 12.2. The first-order valence-electron chi connectivity index (χ1n) is 12.6. The maximum atomic E-state index is 12.2. The van der Waals surface area contributed by atoms with Crippen molar-refractivity contribution >= 4 is 0 Å². The van der Waals surface area contributed by atoms with Gasteiger partial charge < -0.3 is 5.11 Å². The van der Waals surface area contributed by atoms with Crippen LogP contribution in [0.25, 0.3) is 0 Å². The van der Waals surface area contributed by atoms with E-state index in [-0.39, 0.29) is 6.04 Å². The van der Waals surface area contributed by atoms with Crippen molar-refractivity contribution in [2.75, 3.05) is 13.1 Å². The monoisotopic (exact) mass is 421 g/mol. The Labute approximate surface area is 190 Å². The van der Waals surface area contributed by atoms with E-state index in [1.807, 2.05) is 0 Å². The van der Waals surface area contributed by atoms with E-state index in [0.717, 1.165) is 58.0 Å². The summed E-state index contributed by atoms with van der Waals surface area (Å²) in [7, 11) is 0. The third kappa shape index (κ3) is 7.77. The van der Waals surface area contributed by atoms with Gasteiger partial charge in [0.1, 0.15) is 0 Å². The fraction of sp³-hybridized carbons (Fsp3) is 0.586. The van der Waals surface area contributed by atoms with Gasteiger partial charge in [-0.3, -0.25) is 4.90 Å². The molecule has 1 atom stereocenters. The fourth-order valence-electron chi connectivity index (χ4n) is 5.33. The van der Waals surface area contributed by atoms with Gasteiger partial charge >= 0.3 is 0 Å². The number of benzene rings is 2. The number of hydrogen-bond donors (Lipinski definition) is 1. The van der Waals surface area contributed by atoms with Crippen molar-refractivity contribution in [3.05, 3.63) is 71.8 Å². The van der Waals surface area contributed by atoms with Crippen LogP contribution in [0.5, 0.6) is 0 Å². The lowest BCUT2D eigenvalue weighted by molar-refractivity contribution is -0.0741. The summed E-state index contributed by atoms with van der Waals surface area (Å²) in [4.78, 5) is 2.63. The predicted octanol–water partition coefficient (Wildman–Crippen LogP) is 6.66. The third-order valence-electron chi connectivity index (χ3n) is 6.98. The summed E-state index contributed by atoms with van der Waals surface area (Å²) in [5.74, 6) is 0.599. The van der Waals surface area contributed by atoms with Crippen molar-refractivity contribution in [3.63, 3.8) is 0 Å². The van der Waals surface area contributed by atoms with E-state index >= 15 is 0 Å². The number of likely N-dealkylation sites (tertiary alicyclic amines) is 1. The zero-order chi connectivity index (χ0) is 21.9. The lowest BCUT2D eigenvalue weighted by Crippen LogP contribution is -2.55. The van der Waals surface area contributed by atoms with Crippen LogP contribution in [-0.2, 0) is 12.8 Å². The van der Waals surface area contributed by atoms with Gasteiger partial charge in [0.2, 0.25) is 0 Å². The maximum Gasteiger partial charge on any atom is 0.0802 e. The summed E-state index contributed by atoms with van der Waals surface area (Å²) in [6.07, 6.45) is 11.0. The quantitative estimate of drug-likeness (QED) is 0.414. The molecule has 1 heterocycles. The molecule has 2 heteroatoms. The van der Waals surface area contributed by atoms with Gasteiger partial charge in [0, 0.05) is 6.04 Å². The summed E-state index contributed by atoms with van der Waals surface area (Å²) in [6.45, 7) is 6.92. The molecule has 0 aliphatic carbocycles. The normalized spacial score (nSPS) is 16.5. The molecular formula is C29H43NO. The second-order valence-electron chi connectivity index (χ2n) is 10.0. The first kappa shape index (κ1) is 24.0. The SMILES string of the molecule is CC(C)C[C@H](N1CCCCC1)C(O)(CCCc1ccccc1)CCCc1ccccc1. The van der Waals surface area contributed by atoms with Crippen LogP contribution in [0.15, 0.2) is 60.7 Å². The Morgan fingerprint density at radius 2 is 1.26 bits per heavy atom. The van der Waals surface area contributed by atoms with E-state index < -0.39 is 5.60 Å². The van der Waals surface area contributed by atoms with Gasteiger partial charge in [0.05, 0.1) is 5.60 Å². The van der Waals surface area contributed by atoms with Crippen molar-refractivity contribution < 1.29 is 5.11 Å². The van der Waals surface area contributed by atoms with Crippen molar-refractivity contribution in [3.8, 4) is 0 Å². The van der Waals surface area contributed by atoms with Gasteiger partial charge in [-0.1, -0.05) is 80.9 Å². The second kappa shape index (κ2) is 12.4. The Balaban J connectivity index is 1.70. The summed E-state index contributed by atoms with van der Waals surface area (Å²) >= 11 is 0. The molecule has 2 nitrogen and oxygen atoms in total. The number of nitrogens with zero attached hydrogens (tertiary/aromatic N) is 1. The Hall–Kier alpha value is -1.64. The molecule has 31 heavy (non-hydrogen) atoms. The van der Waals surface area contributed by atoms with Crippen molar-refractivity contribution in [1.29, 1.82) is 0 Å². The molecule has 1 fully saturated rings. The molecule has 0 amide bonds. The highest BCUT2D eigenvalue weighted by atomic mass is 16.3. The first-order valence-corrected chi connectivity index (χ1v) is 12.6. The lowest BCUT2D eigenvalue weighted by atomic mass is 9.78. The van der Waals surface area contributed by atoms with Gasteiger partial charge in [0.15, 0.2) is 0 Å². The minimum atomic E-state index is -0.606. The van der Waals surface area contributed by atoms with E-state index in [9.17, 15) is 5.11 Å². The topological polar surface area (TPSA) is 23.5 Å². The zero-order valence-corrected chi connectivity index (χ0v) is 19.8. The highest BCUT2D eigenvalue weighted by molar-refractivity contribution is 5.15. The van der Waals surface area contributed by atoms with Crippen LogP contribution in [0.2, 0.25) is 0 Å². The minimum Gasteiger partial charge on any atom is -0.388 e. The Bertz CT molecular complexity index is 675. The van der Waals surface area contributed by atoms with E-state index in [1.165, 1.54) is 30.4 Å². The summed E-state index contributed by atoms with van der Waals surface area (Å²) in [6, 6.07) is 21.8. The first-order chi connectivity index (χ1) is 15.1. The molecule has 0 bridgehead atoms. The molecule has 0 radical (unpaired) electrons. The van der Waals surface area contributed by atoms with Crippen LogP contribution in [0, 0.1) is 5.92 Å². The highest BCUT2D eigenvalue weighted by Gasteiger charge is 2.40. The average molecular weight is 422 g/mol. The van der Waals surface area contributed by atoms with Crippen molar-refractivity contribution in [1.82, 2.24) is 4.90 Å². The zero-order valence-electron chi connectivity index (χ0n) is 19.8. The summed E-state index contributed by atoms with van der Waals surface area (Å²) < 4.78 is 0. The molecule has 2 aromatic carbocycles. The molecule has 1 N–H and O–H groups in total. The average Bonchev–Trinajstić information content (AvgIpc) is 2.79. The summed E-state index contributed by atoms with van der Waals surface area (Å²) in [5, 5.41) is 12.2. The van der Waals surface area contributed by atoms with E-state index in [1.54, 1.807) is 0 Å². The number of rotatable bonds is 12. The van der Waals surface area contributed by atoms with E-state index in [4.69, 9.17) is 0 Å². The summed E-state index contributed by atoms with van der Waals surface area (Å²) in [5.41, 5.74) is 2.16. The van der Waals surface area contributed by atoms with Gasteiger partial charge in [-0.2, -0.15) is 0 Å². The Morgan fingerprint density at radius 1 is 0.774 bits per heavy atom. The van der Waals surface area contributed by atoms with E-state index in [0.29, 0.717) is 5.92 Å². The van der Waals surface area contributed by atoms with Gasteiger partial charge in [-0.05, 0) is 87.9 Å². The van der Waals surface area contributed by atoms with Crippen LogP contribution in [0.1, 0.15) is 76.3 Å². The van der Waals surface area contributed by atoms with Crippen molar-refractivity contribution in [2.24, 2.45) is 5.92 Å². The predicted molar refractivity (Wildman–Crippen MR) is 132 cm³/mol. The Kier molecular flexibility index (Phi) is 9.61. The van der Waals surface area contributed by atoms with Crippen LogP contribution >= 0.6 is 0 Å². The molecular weight excluding hydrogens is 378 g/mol. The molecule has 0 saturated carbocycles. The highest BCUT2D eigenvalue weighted by Crippen LogP contribution is 2.34. The third-order valence-corrected chi connectivity index (χ3v) is 6.98. The molecule has 0 spiro atoms. The molecule has 1 aliphatic heterocycles. The van der Waals surface area contributed by atoms with E-state index in [2.05, 4.69) is 79.4 Å². The Morgan fingerprint density at radius 3 is 1.71 bits per heavy atom. The molecule has 3 rings (SSSR count). The molecule has 2 aromatic rings. The number of hydrogen-bond acceptors (Lipinski definition) is 2. The number of aryl methyl sites for hydroxylation is 2. The lowest BCUT2D eigenvalue weighted by Gasteiger charge is -2.46. The van der Waals surface area contributed by atoms with Gasteiger partial charge in [0.25, 0.3) is 0 Å². The standard InChI is InChI=1S/C29H43NO/c1-25(2)24-28(30-22-10-5-11-23-30)29(31,20-12-18-26-14-6-3-7-15-26)21-13-19-27-16-8-4-9-17-27/h3-4,6-9,14-17,25,28,31H,5,10-13,18-24H2,1-2H3/t28-/m0/s1. The van der Waals surface area contributed by atoms with Crippen LogP contribution in [0.3, 0.4) is 0 Å². The minimum absolute atomic E-state index is 0.277. The molecule has 0 aromatic heterocycles. The molecule has 0 unspecified atom stereocenters. The van der Waals surface area contributed by atoms with Gasteiger partial charge in [-0.25, -0.2) is 0 Å². The molecule has 170 valence electrons. The van der Waals surface area contributed by atoms with Crippen LogP contribution < -0.4 is 0 Å². The molecule has 1 saturated heterocycles. The number of aliphatic hydroxyl groups is 1. The fourth-order valence-corrected chi connectivity index (χ4v) is 5.33. The van der Waals surface area contributed by atoms with Gasteiger partial charge in [-0.15, -0.1) is 0 Å². The smallest absolute Gasteiger partial charge is 0.0802 e. The van der Waals surface area contributed by atoms with Crippen LogP contribution in [0.4, 0.5) is 0 Å². The largest absolute Gasteiger partial charge is 0.388 e. The van der Waals surface area contributed by atoms with Crippen molar-refractivity contribution in [2.45, 2.75) is 89.7 Å². The molecule has 1 aliphatic rings. The van der Waals surface area contributed by atoms with Crippen LogP contribution in [-0.4, -0.2) is 34.7 Å². The number of piperidine rings is 1.